The summed E-state index contributed by atoms with van der Waals surface area (Å²) in [5, 5.41) is 4.95. The van der Waals surface area contributed by atoms with E-state index in [0.29, 0.717) is 18.1 Å². The molecule has 1 amide bonds. The fraction of sp³-hybridized carbons (Fsp3) is 0.312. The lowest BCUT2D eigenvalue weighted by Gasteiger charge is -2.28. The van der Waals surface area contributed by atoms with E-state index in [1.807, 2.05) is 49.6 Å². The van der Waals surface area contributed by atoms with Crippen LogP contribution in [0.5, 0.6) is 11.5 Å². The molecule has 0 saturated heterocycles. The maximum absolute atomic E-state index is 12.2. The molecule has 1 N–H and O–H groups in total. The van der Waals surface area contributed by atoms with Crippen molar-refractivity contribution in [3.63, 3.8) is 0 Å². The van der Waals surface area contributed by atoms with Crippen molar-refractivity contribution < 1.29 is 14.3 Å². The highest BCUT2D eigenvalue weighted by Gasteiger charge is 2.26. The summed E-state index contributed by atoms with van der Waals surface area (Å²) in [6, 6.07) is 9.48. The van der Waals surface area contributed by atoms with Crippen LogP contribution in [0, 0.1) is 0 Å². The van der Waals surface area contributed by atoms with Crippen molar-refractivity contribution in [2.75, 3.05) is 13.2 Å². The van der Waals surface area contributed by atoms with Gasteiger partial charge in [-0.1, -0.05) is 12.1 Å². The van der Waals surface area contributed by atoms with Gasteiger partial charge in [0.2, 0.25) is 0 Å². The second kappa shape index (κ2) is 5.41. The molecule has 0 unspecified atom stereocenters. The number of amides is 1. The molecule has 1 aliphatic heterocycles. The quantitative estimate of drug-likeness (QED) is 0.947. The number of hydrogen-bond donors (Lipinski definition) is 1. The minimum absolute atomic E-state index is 0.0649. The average Bonchev–Trinajstić information content (AvgIpc) is 3.00. The van der Waals surface area contributed by atoms with Gasteiger partial charge in [0.05, 0.1) is 10.4 Å². The van der Waals surface area contributed by atoms with Gasteiger partial charge in [-0.3, -0.25) is 4.79 Å². The number of benzene rings is 1. The van der Waals surface area contributed by atoms with E-state index >= 15 is 0 Å². The van der Waals surface area contributed by atoms with Crippen LogP contribution in [0.3, 0.4) is 0 Å². The van der Waals surface area contributed by atoms with Crippen LogP contribution in [-0.4, -0.2) is 19.1 Å². The van der Waals surface area contributed by atoms with E-state index in [9.17, 15) is 4.79 Å². The topological polar surface area (TPSA) is 47.6 Å². The molecule has 2 heterocycles. The second-order valence-electron chi connectivity index (χ2n) is 5.41. The van der Waals surface area contributed by atoms with Crippen LogP contribution in [0.1, 0.15) is 29.1 Å². The van der Waals surface area contributed by atoms with Crippen molar-refractivity contribution in [1.29, 1.82) is 0 Å². The van der Waals surface area contributed by atoms with Crippen LogP contribution in [-0.2, 0) is 5.54 Å². The number of fused-ring (bicyclic) bond motifs is 1. The zero-order valence-electron chi connectivity index (χ0n) is 12.0. The minimum Gasteiger partial charge on any atom is -0.486 e. The molecule has 3 rings (SSSR count). The summed E-state index contributed by atoms with van der Waals surface area (Å²) in [6.45, 7) is 5.08. The molecular formula is C16H17NO3S. The summed E-state index contributed by atoms with van der Waals surface area (Å²) < 4.78 is 11.1. The number of thiophene rings is 1. The molecule has 1 aliphatic rings. The first-order valence-electron chi connectivity index (χ1n) is 6.82. The molecule has 0 aliphatic carbocycles. The van der Waals surface area contributed by atoms with Crippen molar-refractivity contribution in [2.45, 2.75) is 19.4 Å². The first-order chi connectivity index (χ1) is 10.1. The van der Waals surface area contributed by atoms with E-state index in [1.165, 1.54) is 11.3 Å². The molecule has 0 bridgehead atoms. The van der Waals surface area contributed by atoms with Crippen molar-refractivity contribution >= 4 is 17.2 Å². The fourth-order valence-corrected chi connectivity index (χ4v) is 2.88. The van der Waals surface area contributed by atoms with E-state index in [0.717, 1.165) is 17.1 Å². The summed E-state index contributed by atoms with van der Waals surface area (Å²) in [4.78, 5) is 12.9. The van der Waals surface area contributed by atoms with Crippen molar-refractivity contribution in [3.8, 4) is 11.5 Å². The van der Waals surface area contributed by atoms with Gasteiger partial charge in [-0.15, -0.1) is 11.3 Å². The average molecular weight is 303 g/mol. The maximum Gasteiger partial charge on any atom is 0.262 e. The highest BCUT2D eigenvalue weighted by molar-refractivity contribution is 7.12. The van der Waals surface area contributed by atoms with Crippen LogP contribution in [0.4, 0.5) is 0 Å². The first-order valence-corrected chi connectivity index (χ1v) is 7.70. The maximum atomic E-state index is 12.2. The van der Waals surface area contributed by atoms with Gasteiger partial charge in [0.1, 0.15) is 13.2 Å². The smallest absolute Gasteiger partial charge is 0.262 e. The summed E-state index contributed by atoms with van der Waals surface area (Å²) in [7, 11) is 0. The largest absolute Gasteiger partial charge is 0.486 e. The van der Waals surface area contributed by atoms with Crippen LogP contribution >= 0.6 is 11.3 Å². The molecule has 0 radical (unpaired) electrons. The van der Waals surface area contributed by atoms with E-state index in [-0.39, 0.29) is 5.91 Å². The van der Waals surface area contributed by atoms with Gasteiger partial charge in [0, 0.05) is 0 Å². The third kappa shape index (κ3) is 2.88. The Labute approximate surface area is 127 Å². The predicted molar refractivity (Wildman–Crippen MR) is 82.2 cm³/mol. The molecule has 1 aromatic carbocycles. The lowest BCUT2D eigenvalue weighted by Crippen LogP contribution is -2.40. The molecule has 0 saturated carbocycles. The Morgan fingerprint density at radius 1 is 1.19 bits per heavy atom. The van der Waals surface area contributed by atoms with Gasteiger partial charge in [0.25, 0.3) is 5.91 Å². The molecule has 110 valence electrons. The number of rotatable bonds is 3. The fourth-order valence-electron chi connectivity index (χ4n) is 2.26. The van der Waals surface area contributed by atoms with Crippen molar-refractivity contribution in [1.82, 2.24) is 5.32 Å². The molecule has 21 heavy (non-hydrogen) atoms. The van der Waals surface area contributed by atoms with Crippen molar-refractivity contribution in [2.24, 2.45) is 0 Å². The van der Waals surface area contributed by atoms with Gasteiger partial charge in [-0.05, 0) is 43.0 Å². The number of nitrogens with one attached hydrogen (secondary N) is 1. The molecule has 5 heteroatoms. The Hall–Kier alpha value is -2.01. The lowest BCUT2D eigenvalue weighted by molar-refractivity contribution is 0.0916. The third-order valence-electron chi connectivity index (χ3n) is 3.43. The van der Waals surface area contributed by atoms with Gasteiger partial charge < -0.3 is 14.8 Å². The Bertz CT molecular complexity index is 650. The van der Waals surface area contributed by atoms with Crippen LogP contribution in [0.15, 0.2) is 35.7 Å². The molecular weight excluding hydrogens is 286 g/mol. The Morgan fingerprint density at radius 3 is 2.67 bits per heavy atom. The van der Waals surface area contributed by atoms with E-state index in [4.69, 9.17) is 9.47 Å². The van der Waals surface area contributed by atoms with Crippen LogP contribution in [0.25, 0.3) is 0 Å². The normalized spacial score (nSPS) is 13.8. The van der Waals surface area contributed by atoms with Gasteiger partial charge >= 0.3 is 0 Å². The second-order valence-corrected chi connectivity index (χ2v) is 6.36. The van der Waals surface area contributed by atoms with Gasteiger partial charge in [0.15, 0.2) is 11.5 Å². The molecule has 0 spiro atoms. The van der Waals surface area contributed by atoms with Gasteiger partial charge in [-0.2, -0.15) is 0 Å². The van der Waals surface area contributed by atoms with E-state index in [1.54, 1.807) is 0 Å². The SMILES string of the molecule is CC(C)(NC(=O)c1cccs1)c1ccc2c(c1)OCCO2. The number of hydrogen-bond acceptors (Lipinski definition) is 4. The molecule has 4 nitrogen and oxygen atoms in total. The van der Waals surface area contributed by atoms with E-state index in [2.05, 4.69) is 5.32 Å². The minimum atomic E-state index is -0.489. The zero-order valence-corrected chi connectivity index (χ0v) is 12.8. The molecule has 0 atom stereocenters. The first kappa shape index (κ1) is 13.9. The molecule has 2 aromatic rings. The highest BCUT2D eigenvalue weighted by atomic mass is 32.1. The number of carbonyl (C=O) groups is 1. The summed E-state index contributed by atoms with van der Waals surface area (Å²) in [5.41, 5.74) is 0.494. The zero-order chi connectivity index (χ0) is 14.9. The Morgan fingerprint density at radius 2 is 1.95 bits per heavy atom. The Balaban J connectivity index is 1.82. The third-order valence-corrected chi connectivity index (χ3v) is 4.30. The van der Waals surface area contributed by atoms with Crippen LogP contribution in [0.2, 0.25) is 0 Å². The standard InChI is InChI=1S/C16H17NO3S/c1-16(2,17-15(18)14-4-3-9-21-14)11-5-6-12-13(10-11)20-8-7-19-12/h3-6,9-10H,7-8H2,1-2H3,(H,17,18). The van der Waals surface area contributed by atoms with E-state index < -0.39 is 5.54 Å². The predicted octanol–water partition coefficient (Wildman–Crippen LogP) is 3.18. The Kier molecular flexibility index (Phi) is 3.59. The summed E-state index contributed by atoms with van der Waals surface area (Å²) >= 11 is 1.43. The highest BCUT2D eigenvalue weighted by Crippen LogP contribution is 2.34. The molecule has 1 aromatic heterocycles. The molecule has 0 fully saturated rings. The number of carbonyl (C=O) groups excluding carboxylic acids is 1. The van der Waals surface area contributed by atoms with Crippen molar-refractivity contribution in [3.05, 3.63) is 46.2 Å². The summed E-state index contributed by atoms with van der Waals surface area (Å²) in [5.74, 6) is 1.42. The number of ether oxygens (including phenoxy) is 2. The monoisotopic (exact) mass is 303 g/mol. The van der Waals surface area contributed by atoms with Gasteiger partial charge in [-0.25, -0.2) is 0 Å². The summed E-state index contributed by atoms with van der Waals surface area (Å²) in [6.07, 6.45) is 0. The van der Waals surface area contributed by atoms with Crippen LogP contribution < -0.4 is 14.8 Å². The lowest BCUT2D eigenvalue weighted by atomic mass is 9.93.